The number of hydrogen-bond acceptors (Lipinski definition) is 5. The van der Waals surface area contributed by atoms with Crippen LogP contribution in [0.15, 0.2) is 84.1 Å². The van der Waals surface area contributed by atoms with Crippen molar-refractivity contribution in [2.45, 2.75) is 44.8 Å². The zero-order valence-electron chi connectivity index (χ0n) is 23.0. The molecule has 0 spiro atoms. The minimum absolute atomic E-state index is 0.137. The summed E-state index contributed by atoms with van der Waals surface area (Å²) in [5.41, 5.74) is 0.761. The fourth-order valence-corrected chi connectivity index (χ4v) is 6.94. The Labute approximate surface area is 237 Å². The van der Waals surface area contributed by atoms with Crippen LogP contribution in [0.2, 0.25) is 0 Å². The number of carbonyl (C=O) groups is 2. The minimum atomic E-state index is -3.91. The van der Waals surface area contributed by atoms with Crippen LogP contribution in [-0.4, -0.2) is 34.7 Å². The van der Waals surface area contributed by atoms with Gasteiger partial charge in [0.05, 0.1) is 16.9 Å². The molecule has 2 heterocycles. The van der Waals surface area contributed by atoms with Gasteiger partial charge in [0.25, 0.3) is 11.8 Å². The van der Waals surface area contributed by atoms with Crippen LogP contribution in [0.3, 0.4) is 0 Å². The van der Waals surface area contributed by atoms with Crippen molar-refractivity contribution in [2.24, 2.45) is 16.9 Å². The normalized spacial score (nSPS) is 22.8. The minimum Gasteiger partial charge on any atom is -0.325 e. The molecule has 0 radical (unpaired) electrons. The molecule has 41 heavy (non-hydrogen) atoms. The molecule has 0 fully saturated rings. The van der Waals surface area contributed by atoms with Crippen molar-refractivity contribution in [1.29, 1.82) is 0 Å². The molecule has 0 bridgehead atoms. The highest BCUT2D eigenvalue weighted by Crippen LogP contribution is 2.37. The Balaban J connectivity index is 1.43. The number of hydrazone groups is 1. The Morgan fingerprint density at radius 2 is 1.90 bits per heavy atom. The van der Waals surface area contributed by atoms with Crippen molar-refractivity contribution in [3.8, 4) is 0 Å². The van der Waals surface area contributed by atoms with Crippen LogP contribution in [0.5, 0.6) is 0 Å². The molecule has 2 aromatic carbocycles. The molecule has 3 atom stereocenters. The van der Waals surface area contributed by atoms with Crippen molar-refractivity contribution < 1.29 is 26.8 Å². The van der Waals surface area contributed by atoms with E-state index in [1.807, 2.05) is 19.1 Å². The Hall–Kier alpha value is -4.12. The Kier molecular flexibility index (Phi) is 6.97. The van der Waals surface area contributed by atoms with Gasteiger partial charge in [0.15, 0.2) is 5.92 Å². The van der Waals surface area contributed by atoms with E-state index >= 15 is 0 Å². The summed E-state index contributed by atoms with van der Waals surface area (Å²) in [7, 11) is -3.91. The van der Waals surface area contributed by atoms with Crippen molar-refractivity contribution in [3.63, 3.8) is 0 Å². The van der Waals surface area contributed by atoms with Crippen LogP contribution in [0.4, 0.5) is 20.2 Å². The summed E-state index contributed by atoms with van der Waals surface area (Å²) in [4.78, 5) is 26.5. The number of nitrogens with zero attached hydrogens (tertiary/aromatic N) is 3. The monoisotopic (exact) mass is 580 g/mol. The van der Waals surface area contributed by atoms with Gasteiger partial charge in [-0.05, 0) is 50.1 Å². The van der Waals surface area contributed by atoms with E-state index in [0.717, 1.165) is 5.01 Å². The predicted molar refractivity (Wildman–Crippen MR) is 155 cm³/mol. The zero-order valence-corrected chi connectivity index (χ0v) is 23.8. The van der Waals surface area contributed by atoms with Crippen LogP contribution < -0.4 is 10.3 Å². The second-order valence-corrected chi connectivity index (χ2v) is 12.8. The van der Waals surface area contributed by atoms with E-state index in [1.165, 1.54) is 48.3 Å². The predicted octanol–water partition coefficient (Wildman–Crippen LogP) is 5.82. The van der Waals surface area contributed by atoms with E-state index in [0.29, 0.717) is 10.9 Å². The van der Waals surface area contributed by atoms with Gasteiger partial charge in [-0.1, -0.05) is 56.4 Å². The number of alkyl halides is 2. The highest BCUT2D eigenvalue weighted by atomic mass is 32.2. The van der Waals surface area contributed by atoms with Crippen LogP contribution >= 0.6 is 0 Å². The van der Waals surface area contributed by atoms with Gasteiger partial charge in [0.2, 0.25) is 15.9 Å². The van der Waals surface area contributed by atoms with Gasteiger partial charge in [-0.15, -0.1) is 0 Å². The largest absolute Gasteiger partial charge is 0.325 e. The topological polar surface area (TPSA) is 101 Å². The third-order valence-corrected chi connectivity index (χ3v) is 10.4. The quantitative estimate of drug-likeness (QED) is 0.356. The average molecular weight is 581 g/mol. The molecule has 2 aliphatic rings. The molecule has 0 saturated carbocycles. The van der Waals surface area contributed by atoms with Crippen molar-refractivity contribution in [3.05, 3.63) is 84.6 Å². The van der Waals surface area contributed by atoms with E-state index in [1.54, 1.807) is 43.3 Å². The Morgan fingerprint density at radius 3 is 2.61 bits per heavy atom. The summed E-state index contributed by atoms with van der Waals surface area (Å²) in [6.45, 7) is 6.40. The highest BCUT2D eigenvalue weighted by molar-refractivity contribution is 7.91. The molecule has 1 aliphatic carbocycles. The van der Waals surface area contributed by atoms with Gasteiger partial charge >= 0.3 is 0 Å². The first kappa shape index (κ1) is 28.4. The lowest BCUT2D eigenvalue weighted by atomic mass is 9.91. The number of aromatic nitrogens is 1. The molecule has 2 amide bonds. The second-order valence-electron chi connectivity index (χ2n) is 10.5. The van der Waals surface area contributed by atoms with Crippen molar-refractivity contribution in [1.82, 2.24) is 3.97 Å². The molecule has 1 N–H and O–H groups in total. The lowest BCUT2D eigenvalue weighted by molar-refractivity contribution is -0.127. The summed E-state index contributed by atoms with van der Waals surface area (Å²) >= 11 is 0. The number of hydrogen-bond donors (Lipinski definition) is 1. The lowest BCUT2D eigenvalue weighted by Gasteiger charge is -2.32. The van der Waals surface area contributed by atoms with Crippen LogP contribution in [-0.2, 0) is 25.5 Å². The first-order valence-corrected chi connectivity index (χ1v) is 14.6. The molecule has 8 nitrogen and oxygen atoms in total. The number of fused-ring (bicyclic) bond motifs is 1. The smallest absolute Gasteiger partial charge is 0.273 e. The first-order valence-electron chi connectivity index (χ1n) is 13.2. The maximum atomic E-state index is 14.2. The van der Waals surface area contributed by atoms with E-state index in [4.69, 9.17) is 0 Å². The fourth-order valence-electron chi connectivity index (χ4n) is 5.08. The third kappa shape index (κ3) is 4.67. The van der Waals surface area contributed by atoms with Crippen LogP contribution in [0, 0.1) is 11.8 Å². The van der Waals surface area contributed by atoms with Crippen LogP contribution in [0.25, 0.3) is 10.9 Å². The summed E-state index contributed by atoms with van der Waals surface area (Å²) < 4.78 is 56.0. The van der Waals surface area contributed by atoms with E-state index < -0.39 is 44.8 Å². The molecule has 11 heteroatoms. The number of carbonyl (C=O) groups excluding carboxylic acids is 2. The fraction of sp³-hybridized carbons (Fsp3) is 0.300. The number of halogens is 2. The van der Waals surface area contributed by atoms with Gasteiger partial charge in [-0.2, -0.15) is 10.1 Å². The zero-order chi connectivity index (χ0) is 29.7. The number of rotatable bonds is 7. The summed E-state index contributed by atoms with van der Waals surface area (Å²) in [6, 6.07) is 11.9. The molecule has 1 aromatic heterocycles. The van der Waals surface area contributed by atoms with Gasteiger partial charge in [0, 0.05) is 29.3 Å². The van der Waals surface area contributed by atoms with Gasteiger partial charge in [-0.3, -0.25) is 9.59 Å². The molecular formula is C30H30F2N4O4S. The number of nitrogens with one attached hydrogen (secondary N) is 1. The lowest BCUT2D eigenvalue weighted by Crippen LogP contribution is -2.43. The number of allylic oxidation sites excluding steroid dienone is 3. The van der Waals surface area contributed by atoms with Crippen molar-refractivity contribution >= 4 is 49.8 Å². The van der Waals surface area contributed by atoms with Gasteiger partial charge in [-0.25, -0.2) is 21.2 Å². The standard InChI is InChI=1S/C30H30F2N4O4S/c1-5-30(31,32)22-10-8-11-23(17-22)33-27(37)26-20(3)34-36(28(26)38)24-13-12-21-14-16-35(25(21)18-24)41(39,40)29(4)15-7-6-9-19(29)2/h6-19,26H,5H2,1-4H3,(H,33,37). The van der Waals surface area contributed by atoms with E-state index in [-0.39, 0.29) is 28.6 Å². The molecule has 3 aromatic rings. The molecule has 5 rings (SSSR count). The number of anilines is 2. The maximum absolute atomic E-state index is 14.2. The van der Waals surface area contributed by atoms with E-state index in [2.05, 4.69) is 10.4 Å². The number of benzene rings is 2. The SMILES string of the molecule is CCC(F)(F)c1cccc(NC(=O)C2C(=O)N(c3ccc4ccn(S(=O)(=O)C5(C)C=CC=CC5C)c4c3)N=C2C)c1. The second kappa shape index (κ2) is 10.1. The Morgan fingerprint density at radius 1 is 1.15 bits per heavy atom. The van der Waals surface area contributed by atoms with Crippen LogP contribution in [0.1, 0.15) is 39.7 Å². The van der Waals surface area contributed by atoms with Gasteiger partial charge < -0.3 is 5.32 Å². The van der Waals surface area contributed by atoms with E-state index in [9.17, 15) is 26.8 Å². The summed E-state index contributed by atoms with van der Waals surface area (Å²) in [5, 5.41) is 8.56. The highest BCUT2D eigenvalue weighted by Gasteiger charge is 2.44. The molecule has 214 valence electrons. The maximum Gasteiger partial charge on any atom is 0.273 e. The molecular weight excluding hydrogens is 550 g/mol. The summed E-state index contributed by atoms with van der Waals surface area (Å²) in [5.74, 6) is -5.96. The average Bonchev–Trinajstić information content (AvgIpc) is 3.50. The molecule has 1 aliphatic heterocycles. The number of amides is 2. The third-order valence-electron chi connectivity index (χ3n) is 7.93. The first-order chi connectivity index (χ1) is 19.3. The molecule has 0 saturated heterocycles. The van der Waals surface area contributed by atoms with Gasteiger partial charge in [0.1, 0.15) is 4.75 Å². The van der Waals surface area contributed by atoms with Crippen molar-refractivity contribution in [2.75, 3.05) is 10.3 Å². The molecule has 3 unspecified atom stereocenters. The Bertz CT molecular complexity index is 1760. The summed E-state index contributed by atoms with van der Waals surface area (Å²) in [6.07, 6.45) is 8.13.